The van der Waals surface area contributed by atoms with E-state index in [1.807, 2.05) is 25.3 Å². The van der Waals surface area contributed by atoms with Crippen LogP contribution < -0.4 is 4.74 Å². The van der Waals surface area contributed by atoms with Crippen molar-refractivity contribution in [2.24, 2.45) is 23.2 Å². The molecule has 0 N–H and O–H groups in total. The second kappa shape index (κ2) is 6.24. The highest BCUT2D eigenvalue weighted by atomic mass is 16.5. The van der Waals surface area contributed by atoms with Gasteiger partial charge in [-0.1, -0.05) is 0 Å². The SMILES string of the molecule is Cc1ccc(OC2CCN(C(=O)C34CC5CC(CC(C5)C3)C4)CC2)cn1. The van der Waals surface area contributed by atoms with Crippen LogP contribution in [0.25, 0.3) is 0 Å². The number of ether oxygens (including phenoxy) is 1. The Morgan fingerprint density at radius 2 is 1.69 bits per heavy atom. The van der Waals surface area contributed by atoms with E-state index in [0.717, 1.165) is 55.1 Å². The Hall–Kier alpha value is -1.58. The molecule has 0 atom stereocenters. The molecule has 6 rings (SSSR count). The predicted octanol–water partition coefficient (Wildman–Crippen LogP) is 3.98. The molecular formula is C22H30N2O2. The summed E-state index contributed by atoms with van der Waals surface area (Å²) in [7, 11) is 0. The van der Waals surface area contributed by atoms with Crippen LogP contribution >= 0.6 is 0 Å². The first kappa shape index (κ1) is 16.6. The number of hydrogen-bond acceptors (Lipinski definition) is 3. The van der Waals surface area contributed by atoms with Crippen molar-refractivity contribution < 1.29 is 9.53 Å². The zero-order valence-electron chi connectivity index (χ0n) is 15.8. The van der Waals surface area contributed by atoms with E-state index in [1.165, 1.54) is 38.5 Å². The molecule has 5 aliphatic rings. The van der Waals surface area contributed by atoms with Gasteiger partial charge < -0.3 is 9.64 Å². The van der Waals surface area contributed by atoms with Crippen molar-refractivity contribution in [1.29, 1.82) is 0 Å². The summed E-state index contributed by atoms with van der Waals surface area (Å²) in [6.45, 7) is 3.69. The van der Waals surface area contributed by atoms with Crippen LogP contribution in [-0.2, 0) is 4.79 Å². The first-order valence-corrected chi connectivity index (χ1v) is 10.5. The highest BCUT2D eigenvalue weighted by Crippen LogP contribution is 2.60. The van der Waals surface area contributed by atoms with Gasteiger partial charge in [0.05, 0.1) is 11.6 Å². The number of nitrogens with zero attached hydrogens (tertiary/aromatic N) is 2. The zero-order valence-corrected chi connectivity index (χ0v) is 15.8. The lowest BCUT2D eigenvalue weighted by Gasteiger charge is -2.57. The van der Waals surface area contributed by atoms with E-state index in [9.17, 15) is 4.79 Å². The molecule has 0 radical (unpaired) electrons. The van der Waals surface area contributed by atoms with Crippen molar-refractivity contribution in [3.05, 3.63) is 24.0 Å². The largest absolute Gasteiger partial charge is 0.489 e. The molecule has 26 heavy (non-hydrogen) atoms. The molecule has 2 heterocycles. The molecule has 1 aliphatic heterocycles. The van der Waals surface area contributed by atoms with Gasteiger partial charge in [-0.2, -0.15) is 0 Å². The number of likely N-dealkylation sites (tertiary alicyclic amines) is 1. The molecule has 4 nitrogen and oxygen atoms in total. The van der Waals surface area contributed by atoms with Crippen LogP contribution in [0.2, 0.25) is 0 Å². The average molecular weight is 354 g/mol. The van der Waals surface area contributed by atoms with Gasteiger partial charge in [0, 0.05) is 31.6 Å². The summed E-state index contributed by atoms with van der Waals surface area (Å²) in [4.78, 5) is 19.9. The highest BCUT2D eigenvalue weighted by molar-refractivity contribution is 5.83. The summed E-state index contributed by atoms with van der Waals surface area (Å²) in [5.74, 6) is 3.83. The number of carbonyl (C=O) groups is 1. The van der Waals surface area contributed by atoms with Crippen molar-refractivity contribution in [2.75, 3.05) is 13.1 Å². The van der Waals surface area contributed by atoms with Gasteiger partial charge in [-0.05, 0) is 75.3 Å². The molecule has 4 saturated carbocycles. The first-order valence-electron chi connectivity index (χ1n) is 10.5. The fraction of sp³-hybridized carbons (Fsp3) is 0.727. The molecule has 1 aromatic heterocycles. The zero-order chi connectivity index (χ0) is 17.7. The maximum Gasteiger partial charge on any atom is 0.228 e. The van der Waals surface area contributed by atoms with Crippen LogP contribution in [0, 0.1) is 30.1 Å². The smallest absolute Gasteiger partial charge is 0.228 e. The maximum absolute atomic E-state index is 13.4. The number of aromatic nitrogens is 1. The van der Waals surface area contributed by atoms with Crippen molar-refractivity contribution in [2.45, 2.75) is 64.4 Å². The molecule has 0 unspecified atom stereocenters. The molecule has 4 heteroatoms. The Kier molecular flexibility index (Phi) is 3.98. The summed E-state index contributed by atoms with van der Waals surface area (Å²) in [5.41, 5.74) is 1.01. The molecule has 4 bridgehead atoms. The second-order valence-electron chi connectivity index (χ2n) is 9.44. The van der Waals surface area contributed by atoms with Gasteiger partial charge in [0.25, 0.3) is 0 Å². The third-order valence-electron chi connectivity index (χ3n) is 7.41. The van der Waals surface area contributed by atoms with Crippen LogP contribution in [0.1, 0.15) is 57.1 Å². The minimum absolute atomic E-state index is 0.00329. The van der Waals surface area contributed by atoms with Crippen LogP contribution in [-0.4, -0.2) is 35.0 Å². The Labute approximate surface area is 156 Å². The fourth-order valence-corrected chi connectivity index (χ4v) is 6.60. The predicted molar refractivity (Wildman–Crippen MR) is 99.8 cm³/mol. The van der Waals surface area contributed by atoms with Gasteiger partial charge in [-0.15, -0.1) is 0 Å². The summed E-state index contributed by atoms with van der Waals surface area (Å²) >= 11 is 0. The quantitative estimate of drug-likeness (QED) is 0.825. The van der Waals surface area contributed by atoms with Crippen LogP contribution in [0.15, 0.2) is 18.3 Å². The molecule has 5 fully saturated rings. The number of hydrogen-bond donors (Lipinski definition) is 0. The Bertz CT molecular complexity index is 641. The highest BCUT2D eigenvalue weighted by Gasteiger charge is 2.55. The third kappa shape index (κ3) is 2.91. The minimum atomic E-state index is 0.00329. The molecule has 1 amide bonds. The van der Waals surface area contributed by atoms with E-state index in [4.69, 9.17) is 4.74 Å². The summed E-state index contributed by atoms with van der Waals surface area (Å²) in [5, 5.41) is 0. The molecule has 1 aromatic rings. The van der Waals surface area contributed by atoms with E-state index < -0.39 is 0 Å². The first-order chi connectivity index (χ1) is 12.6. The summed E-state index contributed by atoms with van der Waals surface area (Å²) in [6.07, 6.45) is 11.6. The van der Waals surface area contributed by atoms with Crippen LogP contribution in [0.5, 0.6) is 5.75 Å². The average Bonchev–Trinajstić information content (AvgIpc) is 2.63. The van der Waals surface area contributed by atoms with Gasteiger partial charge in [0.15, 0.2) is 0 Å². The van der Waals surface area contributed by atoms with Crippen LogP contribution in [0.4, 0.5) is 0 Å². The normalized spacial score (nSPS) is 36.3. The van der Waals surface area contributed by atoms with Crippen molar-refractivity contribution in [3.63, 3.8) is 0 Å². The van der Waals surface area contributed by atoms with Crippen molar-refractivity contribution in [3.8, 4) is 5.75 Å². The maximum atomic E-state index is 13.4. The Morgan fingerprint density at radius 3 is 2.23 bits per heavy atom. The van der Waals surface area contributed by atoms with E-state index in [2.05, 4.69) is 9.88 Å². The second-order valence-corrected chi connectivity index (χ2v) is 9.44. The fourth-order valence-electron chi connectivity index (χ4n) is 6.60. The number of amides is 1. The lowest BCUT2D eigenvalue weighted by atomic mass is 9.49. The van der Waals surface area contributed by atoms with E-state index in [1.54, 1.807) is 0 Å². The van der Waals surface area contributed by atoms with E-state index in [0.29, 0.717) is 5.91 Å². The molecule has 4 aliphatic carbocycles. The van der Waals surface area contributed by atoms with Gasteiger partial charge >= 0.3 is 0 Å². The number of carbonyl (C=O) groups excluding carboxylic acids is 1. The monoisotopic (exact) mass is 354 g/mol. The minimum Gasteiger partial charge on any atom is -0.489 e. The van der Waals surface area contributed by atoms with Gasteiger partial charge in [-0.3, -0.25) is 9.78 Å². The molecule has 0 aromatic carbocycles. The summed E-state index contributed by atoms with van der Waals surface area (Å²) < 4.78 is 6.09. The molecule has 0 spiro atoms. The van der Waals surface area contributed by atoms with Crippen molar-refractivity contribution in [1.82, 2.24) is 9.88 Å². The van der Waals surface area contributed by atoms with E-state index in [-0.39, 0.29) is 11.5 Å². The lowest BCUT2D eigenvalue weighted by molar-refractivity contribution is -0.159. The number of rotatable bonds is 3. The topological polar surface area (TPSA) is 42.4 Å². The number of pyridine rings is 1. The van der Waals surface area contributed by atoms with Gasteiger partial charge in [0.1, 0.15) is 11.9 Å². The third-order valence-corrected chi connectivity index (χ3v) is 7.41. The molecule has 140 valence electrons. The van der Waals surface area contributed by atoms with Gasteiger partial charge in [-0.25, -0.2) is 0 Å². The Morgan fingerprint density at radius 1 is 1.08 bits per heavy atom. The van der Waals surface area contributed by atoms with Gasteiger partial charge in [0.2, 0.25) is 5.91 Å². The lowest BCUT2D eigenvalue weighted by Crippen LogP contribution is -2.56. The van der Waals surface area contributed by atoms with E-state index >= 15 is 0 Å². The number of piperidine rings is 1. The standard InChI is InChI=1S/C22H30N2O2/c1-15-2-3-20(14-23-15)26-19-4-6-24(7-5-19)21(25)22-11-16-8-17(12-22)10-18(9-16)13-22/h2-3,14,16-19H,4-13H2,1H3. The Balaban J connectivity index is 1.20. The number of aryl methyl sites for hydroxylation is 1. The van der Waals surface area contributed by atoms with Crippen LogP contribution in [0.3, 0.4) is 0 Å². The molecule has 1 saturated heterocycles. The summed E-state index contributed by atoms with van der Waals surface area (Å²) in [6, 6.07) is 3.98. The van der Waals surface area contributed by atoms with Crippen molar-refractivity contribution >= 4 is 5.91 Å². The molecular weight excluding hydrogens is 324 g/mol.